The van der Waals surface area contributed by atoms with Crippen LogP contribution in [0.4, 0.5) is 0 Å². The third-order valence-electron chi connectivity index (χ3n) is 2.52. The largest absolute Gasteiger partial charge is 0.369 e. The molecule has 80 valence electrons. The van der Waals surface area contributed by atoms with E-state index in [0.29, 0.717) is 6.54 Å². The highest BCUT2D eigenvalue weighted by Crippen LogP contribution is 2.12. The second-order valence-corrected chi connectivity index (χ2v) is 4.32. The van der Waals surface area contributed by atoms with Crippen LogP contribution in [0.25, 0.3) is 0 Å². The molecule has 0 unspecified atom stereocenters. The lowest BCUT2D eigenvalue weighted by Gasteiger charge is -2.28. The molecule has 1 saturated heterocycles. The van der Waals surface area contributed by atoms with Gasteiger partial charge >= 0.3 is 0 Å². The quantitative estimate of drug-likeness (QED) is 0.533. The second-order valence-electron chi connectivity index (χ2n) is 4.32. The van der Waals surface area contributed by atoms with E-state index in [4.69, 9.17) is 5.73 Å². The summed E-state index contributed by atoms with van der Waals surface area (Å²) >= 11 is 0. The molecule has 1 aliphatic rings. The van der Waals surface area contributed by atoms with E-state index in [9.17, 15) is 9.59 Å². The summed E-state index contributed by atoms with van der Waals surface area (Å²) in [7, 11) is 0. The van der Waals surface area contributed by atoms with Crippen LogP contribution >= 0.6 is 0 Å². The van der Waals surface area contributed by atoms with E-state index in [1.54, 1.807) is 13.8 Å². The van der Waals surface area contributed by atoms with Gasteiger partial charge in [-0.1, -0.05) is 0 Å². The lowest BCUT2D eigenvalue weighted by atomic mass is 9.92. The average molecular weight is 199 g/mol. The maximum absolute atomic E-state index is 11.4. The van der Waals surface area contributed by atoms with Gasteiger partial charge in [-0.25, -0.2) is 0 Å². The Kier molecular flexibility index (Phi) is 3.10. The number of carbonyl (C=O) groups is 2. The van der Waals surface area contributed by atoms with Crippen LogP contribution in [0.5, 0.6) is 0 Å². The van der Waals surface area contributed by atoms with Crippen LogP contribution in [0.1, 0.15) is 13.8 Å². The van der Waals surface area contributed by atoms with Crippen LogP contribution in [0.3, 0.4) is 0 Å². The molecule has 5 heteroatoms. The molecule has 2 amide bonds. The molecule has 0 aromatic heterocycles. The van der Waals surface area contributed by atoms with Crippen LogP contribution in [0.15, 0.2) is 0 Å². The molecule has 0 aromatic rings. The summed E-state index contributed by atoms with van der Waals surface area (Å²) in [4.78, 5) is 22.3. The van der Waals surface area contributed by atoms with Crippen molar-refractivity contribution < 1.29 is 9.59 Å². The summed E-state index contributed by atoms with van der Waals surface area (Å²) in [6.45, 7) is 5.19. The fourth-order valence-electron chi connectivity index (χ4n) is 1.01. The van der Waals surface area contributed by atoms with Gasteiger partial charge in [-0.2, -0.15) is 0 Å². The van der Waals surface area contributed by atoms with Gasteiger partial charge in [-0.15, -0.1) is 0 Å². The van der Waals surface area contributed by atoms with Crippen LogP contribution in [0.2, 0.25) is 0 Å². The molecule has 0 bridgehead atoms. The number of primary amides is 1. The van der Waals surface area contributed by atoms with Crippen molar-refractivity contribution in [2.24, 2.45) is 17.1 Å². The van der Waals surface area contributed by atoms with Crippen LogP contribution in [-0.2, 0) is 9.59 Å². The first-order valence-electron chi connectivity index (χ1n) is 4.72. The molecule has 0 aliphatic carbocycles. The van der Waals surface area contributed by atoms with E-state index in [0.717, 1.165) is 13.1 Å². The molecule has 0 spiro atoms. The summed E-state index contributed by atoms with van der Waals surface area (Å²) in [6.07, 6.45) is 0. The number of nitrogens with one attached hydrogen (secondary N) is 2. The van der Waals surface area contributed by atoms with Crippen molar-refractivity contribution in [2.45, 2.75) is 13.8 Å². The third kappa shape index (κ3) is 2.45. The zero-order chi connectivity index (χ0) is 10.8. The Morgan fingerprint density at radius 2 is 2.07 bits per heavy atom. The number of hydrogen-bond acceptors (Lipinski definition) is 3. The van der Waals surface area contributed by atoms with E-state index in [-0.39, 0.29) is 11.8 Å². The summed E-state index contributed by atoms with van der Waals surface area (Å²) in [5.41, 5.74) is 4.50. The molecule has 0 saturated carbocycles. The van der Waals surface area contributed by atoms with Crippen molar-refractivity contribution in [3.8, 4) is 0 Å². The SMILES string of the molecule is CC(C)(CNC(=O)C1CNC1)C(N)=O. The number of carbonyl (C=O) groups excluding carboxylic acids is 2. The number of amides is 2. The lowest BCUT2D eigenvalue weighted by molar-refractivity contribution is -0.129. The number of hydrogen-bond donors (Lipinski definition) is 3. The van der Waals surface area contributed by atoms with Crippen molar-refractivity contribution in [1.82, 2.24) is 10.6 Å². The fraction of sp³-hybridized carbons (Fsp3) is 0.778. The van der Waals surface area contributed by atoms with Gasteiger partial charge < -0.3 is 16.4 Å². The first-order chi connectivity index (χ1) is 6.43. The first-order valence-corrected chi connectivity index (χ1v) is 4.72. The van der Waals surface area contributed by atoms with E-state index in [1.807, 2.05) is 0 Å². The minimum absolute atomic E-state index is 0.00178. The van der Waals surface area contributed by atoms with E-state index in [2.05, 4.69) is 10.6 Å². The van der Waals surface area contributed by atoms with E-state index >= 15 is 0 Å². The van der Waals surface area contributed by atoms with Gasteiger partial charge in [0.25, 0.3) is 0 Å². The molecule has 4 N–H and O–H groups in total. The Labute approximate surface area is 83.4 Å². The highest BCUT2D eigenvalue weighted by Gasteiger charge is 2.29. The van der Waals surface area contributed by atoms with Gasteiger partial charge in [0.15, 0.2) is 0 Å². The Balaban J connectivity index is 2.32. The van der Waals surface area contributed by atoms with Crippen molar-refractivity contribution in [1.29, 1.82) is 0 Å². The van der Waals surface area contributed by atoms with Crippen molar-refractivity contribution in [3.05, 3.63) is 0 Å². The molecule has 5 nitrogen and oxygen atoms in total. The predicted molar refractivity (Wildman–Crippen MR) is 52.3 cm³/mol. The maximum Gasteiger partial charge on any atom is 0.225 e. The van der Waals surface area contributed by atoms with Crippen molar-refractivity contribution in [3.63, 3.8) is 0 Å². The summed E-state index contributed by atoms with van der Waals surface area (Å²) in [6, 6.07) is 0. The minimum Gasteiger partial charge on any atom is -0.369 e. The molecular formula is C9H17N3O2. The fourth-order valence-corrected chi connectivity index (χ4v) is 1.01. The summed E-state index contributed by atoms with van der Waals surface area (Å²) < 4.78 is 0. The zero-order valence-corrected chi connectivity index (χ0v) is 8.59. The Hall–Kier alpha value is -1.10. The molecule has 1 fully saturated rings. The van der Waals surface area contributed by atoms with Gasteiger partial charge in [0, 0.05) is 19.6 Å². The van der Waals surface area contributed by atoms with E-state index < -0.39 is 11.3 Å². The smallest absolute Gasteiger partial charge is 0.225 e. The van der Waals surface area contributed by atoms with Crippen LogP contribution < -0.4 is 16.4 Å². The molecular weight excluding hydrogens is 182 g/mol. The summed E-state index contributed by atoms with van der Waals surface area (Å²) in [5.74, 6) is -0.346. The lowest BCUT2D eigenvalue weighted by Crippen LogP contribution is -2.53. The Morgan fingerprint density at radius 3 is 2.43 bits per heavy atom. The topological polar surface area (TPSA) is 84.2 Å². The highest BCUT2D eigenvalue weighted by molar-refractivity contribution is 5.83. The summed E-state index contributed by atoms with van der Waals surface area (Å²) in [5, 5.41) is 5.74. The standard InChI is InChI=1S/C9H17N3O2/c1-9(2,8(10)14)5-12-7(13)6-3-11-4-6/h6,11H,3-5H2,1-2H3,(H2,10,14)(H,12,13). The van der Waals surface area contributed by atoms with Gasteiger partial charge in [0.1, 0.15) is 0 Å². The van der Waals surface area contributed by atoms with Crippen molar-refractivity contribution in [2.75, 3.05) is 19.6 Å². The second kappa shape index (κ2) is 3.96. The molecule has 1 aliphatic heterocycles. The average Bonchev–Trinajstić information content (AvgIpc) is 1.97. The number of rotatable bonds is 4. The predicted octanol–water partition coefficient (Wildman–Crippen LogP) is -1.17. The van der Waals surface area contributed by atoms with Gasteiger partial charge in [-0.3, -0.25) is 9.59 Å². The van der Waals surface area contributed by atoms with Crippen LogP contribution in [-0.4, -0.2) is 31.4 Å². The first kappa shape index (κ1) is 11.0. The van der Waals surface area contributed by atoms with Gasteiger partial charge in [0.2, 0.25) is 11.8 Å². The third-order valence-corrected chi connectivity index (χ3v) is 2.52. The van der Waals surface area contributed by atoms with Gasteiger partial charge in [0.05, 0.1) is 11.3 Å². The molecule has 0 aromatic carbocycles. The van der Waals surface area contributed by atoms with Gasteiger partial charge in [-0.05, 0) is 13.8 Å². The monoisotopic (exact) mass is 199 g/mol. The molecule has 1 rings (SSSR count). The molecule has 1 heterocycles. The number of nitrogens with two attached hydrogens (primary N) is 1. The van der Waals surface area contributed by atoms with Crippen molar-refractivity contribution >= 4 is 11.8 Å². The maximum atomic E-state index is 11.4. The highest BCUT2D eigenvalue weighted by atomic mass is 16.2. The Morgan fingerprint density at radius 1 is 1.50 bits per heavy atom. The Bertz CT molecular complexity index is 246. The molecule has 0 atom stereocenters. The van der Waals surface area contributed by atoms with Crippen LogP contribution in [0, 0.1) is 11.3 Å². The minimum atomic E-state index is -0.674. The zero-order valence-electron chi connectivity index (χ0n) is 8.59. The molecule has 14 heavy (non-hydrogen) atoms. The van der Waals surface area contributed by atoms with E-state index in [1.165, 1.54) is 0 Å². The molecule has 0 radical (unpaired) electrons. The normalized spacial score (nSPS) is 17.3.